The molecule has 0 fully saturated rings. The number of imidazole rings is 1. The van der Waals surface area contributed by atoms with Crippen LogP contribution < -0.4 is 10.1 Å². The molecular formula is C21H21N3O3. The van der Waals surface area contributed by atoms with Gasteiger partial charge in [-0.3, -0.25) is 4.57 Å². The van der Waals surface area contributed by atoms with E-state index in [0.29, 0.717) is 23.9 Å². The second kappa shape index (κ2) is 6.79. The fourth-order valence-corrected chi connectivity index (χ4v) is 3.62. The second-order valence-electron chi connectivity index (χ2n) is 6.32. The highest BCUT2D eigenvalue weighted by atomic mass is 16.5. The summed E-state index contributed by atoms with van der Waals surface area (Å²) in [7, 11) is 1.63. The number of para-hydroxylation sites is 3. The molecule has 0 saturated heterocycles. The number of fused-ring (bicyclic) bond motifs is 3. The van der Waals surface area contributed by atoms with Crippen LogP contribution in [0.15, 0.2) is 59.8 Å². The molecule has 1 aromatic heterocycles. The van der Waals surface area contributed by atoms with E-state index in [2.05, 4.69) is 5.32 Å². The van der Waals surface area contributed by atoms with Gasteiger partial charge in [-0.15, -0.1) is 0 Å². The minimum Gasteiger partial charge on any atom is -0.496 e. The van der Waals surface area contributed by atoms with E-state index in [9.17, 15) is 4.79 Å². The molecule has 1 unspecified atom stereocenters. The van der Waals surface area contributed by atoms with E-state index in [-0.39, 0.29) is 5.97 Å². The summed E-state index contributed by atoms with van der Waals surface area (Å²) in [5.41, 5.74) is 3.96. The van der Waals surface area contributed by atoms with Gasteiger partial charge in [0.2, 0.25) is 5.95 Å². The highest BCUT2D eigenvalue weighted by Gasteiger charge is 2.36. The number of ether oxygens (including phenoxy) is 2. The summed E-state index contributed by atoms with van der Waals surface area (Å²) in [5.74, 6) is 1.06. The Morgan fingerprint density at radius 2 is 1.93 bits per heavy atom. The SMILES string of the molecule is CCOC(=O)C1=C(C)Nc2nc3ccccc3n2C1c1ccccc1OC. The molecule has 4 rings (SSSR count). The van der Waals surface area contributed by atoms with E-state index in [1.807, 2.05) is 60.0 Å². The van der Waals surface area contributed by atoms with Crippen LogP contribution in [0.3, 0.4) is 0 Å². The molecule has 138 valence electrons. The minimum absolute atomic E-state index is 0.311. The maximum absolute atomic E-state index is 12.9. The van der Waals surface area contributed by atoms with Gasteiger partial charge in [0, 0.05) is 11.3 Å². The van der Waals surface area contributed by atoms with Crippen LogP contribution in [0.1, 0.15) is 25.5 Å². The molecule has 6 nitrogen and oxygen atoms in total. The van der Waals surface area contributed by atoms with Crippen LogP contribution >= 0.6 is 0 Å². The number of benzene rings is 2. The van der Waals surface area contributed by atoms with E-state index in [1.165, 1.54) is 0 Å². The number of nitrogens with zero attached hydrogens (tertiary/aromatic N) is 2. The van der Waals surface area contributed by atoms with Crippen LogP contribution in [-0.4, -0.2) is 29.2 Å². The zero-order valence-electron chi connectivity index (χ0n) is 15.5. The third kappa shape index (κ3) is 2.73. The van der Waals surface area contributed by atoms with Crippen LogP contribution in [0.25, 0.3) is 11.0 Å². The first-order chi connectivity index (χ1) is 13.2. The van der Waals surface area contributed by atoms with E-state index in [4.69, 9.17) is 14.5 Å². The molecule has 0 spiro atoms. The predicted molar refractivity (Wildman–Crippen MR) is 104 cm³/mol. The number of hydrogen-bond acceptors (Lipinski definition) is 5. The summed E-state index contributed by atoms with van der Waals surface area (Å²) in [4.78, 5) is 17.6. The maximum atomic E-state index is 12.9. The van der Waals surface area contributed by atoms with E-state index in [1.54, 1.807) is 14.0 Å². The Labute approximate surface area is 157 Å². The molecule has 2 aromatic carbocycles. The molecule has 1 atom stereocenters. The Morgan fingerprint density at radius 3 is 2.70 bits per heavy atom. The molecular weight excluding hydrogens is 342 g/mol. The lowest BCUT2D eigenvalue weighted by Gasteiger charge is -2.30. The molecule has 27 heavy (non-hydrogen) atoms. The standard InChI is InChI=1S/C21H21N3O3/c1-4-27-20(25)18-13(2)22-21-23-15-10-6-7-11-16(15)24(21)19(18)14-9-5-8-12-17(14)26-3/h5-12,19H,4H2,1-3H3,(H,22,23). The molecule has 0 radical (unpaired) electrons. The van der Waals surface area contributed by atoms with Gasteiger partial charge < -0.3 is 14.8 Å². The number of allylic oxidation sites excluding steroid dienone is 1. The topological polar surface area (TPSA) is 65.4 Å². The van der Waals surface area contributed by atoms with Gasteiger partial charge in [-0.1, -0.05) is 30.3 Å². The molecule has 1 N–H and O–H groups in total. The number of hydrogen-bond donors (Lipinski definition) is 1. The maximum Gasteiger partial charge on any atom is 0.338 e. The summed E-state index contributed by atoms with van der Waals surface area (Å²) in [6.45, 7) is 3.99. The lowest BCUT2D eigenvalue weighted by Crippen LogP contribution is -2.29. The van der Waals surface area contributed by atoms with Crippen molar-refractivity contribution in [3.8, 4) is 5.75 Å². The van der Waals surface area contributed by atoms with E-state index >= 15 is 0 Å². The fraction of sp³-hybridized carbons (Fsp3) is 0.238. The number of carbonyl (C=O) groups excluding carboxylic acids is 1. The first-order valence-corrected chi connectivity index (χ1v) is 8.90. The Bertz CT molecular complexity index is 1050. The number of aromatic nitrogens is 2. The van der Waals surface area contributed by atoms with Gasteiger partial charge in [-0.2, -0.15) is 0 Å². The molecule has 0 saturated carbocycles. The molecule has 2 heterocycles. The molecule has 6 heteroatoms. The number of carbonyl (C=O) groups is 1. The normalized spacial score (nSPS) is 16.0. The van der Waals surface area contributed by atoms with Crippen molar-refractivity contribution in [3.05, 3.63) is 65.4 Å². The zero-order valence-corrected chi connectivity index (χ0v) is 15.5. The first kappa shape index (κ1) is 17.1. The molecule has 0 bridgehead atoms. The van der Waals surface area contributed by atoms with E-state index < -0.39 is 6.04 Å². The third-order valence-corrected chi connectivity index (χ3v) is 4.76. The highest BCUT2D eigenvalue weighted by molar-refractivity contribution is 5.94. The molecule has 1 aliphatic rings. The van der Waals surface area contributed by atoms with Crippen molar-refractivity contribution in [3.63, 3.8) is 0 Å². The molecule has 3 aromatic rings. The Balaban J connectivity index is 2.01. The van der Waals surface area contributed by atoms with Gasteiger partial charge in [-0.25, -0.2) is 9.78 Å². The molecule has 0 aliphatic carbocycles. The summed E-state index contributed by atoms with van der Waals surface area (Å²) in [6.07, 6.45) is 0. The van der Waals surface area contributed by atoms with Crippen LogP contribution in [0.5, 0.6) is 5.75 Å². The number of methoxy groups -OCH3 is 1. The van der Waals surface area contributed by atoms with Crippen molar-refractivity contribution < 1.29 is 14.3 Å². The van der Waals surface area contributed by atoms with E-state index in [0.717, 1.165) is 22.3 Å². The van der Waals surface area contributed by atoms with Crippen molar-refractivity contribution in [1.29, 1.82) is 0 Å². The summed E-state index contributed by atoms with van der Waals surface area (Å²) >= 11 is 0. The van der Waals surface area contributed by atoms with Crippen LogP contribution in [0.4, 0.5) is 5.95 Å². The molecule has 1 aliphatic heterocycles. The number of anilines is 1. The number of nitrogens with one attached hydrogen (secondary N) is 1. The Hall–Kier alpha value is -3.28. The van der Waals surface area contributed by atoms with Crippen molar-refractivity contribution >= 4 is 23.0 Å². The number of esters is 1. The predicted octanol–water partition coefficient (Wildman–Crippen LogP) is 3.90. The largest absolute Gasteiger partial charge is 0.496 e. The second-order valence-corrected chi connectivity index (χ2v) is 6.32. The zero-order chi connectivity index (χ0) is 19.0. The lowest BCUT2D eigenvalue weighted by atomic mass is 9.94. The number of rotatable bonds is 4. The quantitative estimate of drug-likeness (QED) is 0.712. The van der Waals surface area contributed by atoms with Gasteiger partial charge in [0.15, 0.2) is 0 Å². The van der Waals surface area contributed by atoms with Crippen molar-refractivity contribution in [2.45, 2.75) is 19.9 Å². The lowest BCUT2D eigenvalue weighted by molar-refractivity contribution is -0.139. The highest BCUT2D eigenvalue weighted by Crippen LogP contribution is 2.42. The monoisotopic (exact) mass is 363 g/mol. The summed E-state index contributed by atoms with van der Waals surface area (Å²) in [5, 5.41) is 3.27. The van der Waals surface area contributed by atoms with Gasteiger partial charge in [0.1, 0.15) is 5.75 Å². The minimum atomic E-state index is -0.399. The Morgan fingerprint density at radius 1 is 1.19 bits per heavy atom. The summed E-state index contributed by atoms with van der Waals surface area (Å²) < 4.78 is 13.0. The van der Waals surface area contributed by atoms with Gasteiger partial charge in [-0.05, 0) is 32.0 Å². The molecule has 0 amide bonds. The Kier molecular flexibility index (Phi) is 4.32. The average molecular weight is 363 g/mol. The van der Waals surface area contributed by atoms with Gasteiger partial charge >= 0.3 is 5.97 Å². The summed E-state index contributed by atoms with van der Waals surface area (Å²) in [6, 6.07) is 15.2. The van der Waals surface area contributed by atoms with Crippen LogP contribution in [0.2, 0.25) is 0 Å². The van der Waals surface area contributed by atoms with Crippen LogP contribution in [-0.2, 0) is 9.53 Å². The third-order valence-electron chi connectivity index (χ3n) is 4.76. The average Bonchev–Trinajstić information content (AvgIpc) is 3.04. The fourth-order valence-electron chi connectivity index (χ4n) is 3.62. The smallest absolute Gasteiger partial charge is 0.338 e. The van der Waals surface area contributed by atoms with Gasteiger partial charge in [0.05, 0.1) is 36.4 Å². The van der Waals surface area contributed by atoms with Crippen molar-refractivity contribution in [2.24, 2.45) is 0 Å². The van der Waals surface area contributed by atoms with Crippen molar-refractivity contribution in [2.75, 3.05) is 19.0 Å². The van der Waals surface area contributed by atoms with Crippen LogP contribution in [0, 0.1) is 0 Å². The first-order valence-electron chi connectivity index (χ1n) is 8.90. The van der Waals surface area contributed by atoms with Gasteiger partial charge in [0.25, 0.3) is 0 Å². The van der Waals surface area contributed by atoms with Crippen molar-refractivity contribution in [1.82, 2.24) is 9.55 Å².